The van der Waals surface area contributed by atoms with Crippen LogP contribution in [-0.2, 0) is 5.41 Å². The summed E-state index contributed by atoms with van der Waals surface area (Å²) in [5, 5.41) is 0. The highest BCUT2D eigenvalue weighted by Gasteiger charge is 2.42. The number of pyridine rings is 1. The van der Waals surface area contributed by atoms with Crippen molar-refractivity contribution in [3.63, 3.8) is 0 Å². The monoisotopic (exact) mass is 169 g/mol. The van der Waals surface area contributed by atoms with E-state index in [2.05, 4.69) is 4.98 Å². The summed E-state index contributed by atoms with van der Waals surface area (Å²) in [5.74, 6) is -1.13. The van der Waals surface area contributed by atoms with Gasteiger partial charge in [-0.2, -0.15) is 0 Å². The lowest BCUT2D eigenvalue weighted by atomic mass is 10.0. The Bertz CT molecular complexity index is 318. The largest absolute Gasteiger partial charge is 0.255 e. The molecule has 0 amide bonds. The fraction of sp³-hybridized carbons (Fsp3) is 0.444. The average molecular weight is 169 g/mol. The van der Waals surface area contributed by atoms with Gasteiger partial charge in [0.15, 0.2) is 0 Å². The summed E-state index contributed by atoms with van der Waals surface area (Å²) < 4.78 is 25.5. The number of aromatic nitrogens is 1. The first-order valence-electron chi connectivity index (χ1n) is 3.93. The van der Waals surface area contributed by atoms with E-state index in [0.717, 1.165) is 25.1 Å². The standard InChI is InChI=1S/C9H9F2N/c1-9(2-3-9)8-7(11)4-6(10)5-12-8/h4-5H,2-3H2,1H3. The molecule has 2 rings (SSSR count). The van der Waals surface area contributed by atoms with Gasteiger partial charge < -0.3 is 0 Å². The summed E-state index contributed by atoms with van der Waals surface area (Å²) in [6, 6.07) is 0.895. The molecule has 0 aliphatic heterocycles. The molecule has 0 bridgehead atoms. The fourth-order valence-corrected chi connectivity index (χ4v) is 1.28. The van der Waals surface area contributed by atoms with Crippen molar-refractivity contribution in [2.45, 2.75) is 25.2 Å². The first-order valence-corrected chi connectivity index (χ1v) is 3.93. The smallest absolute Gasteiger partial charge is 0.148 e. The number of nitrogens with zero attached hydrogens (tertiary/aromatic N) is 1. The van der Waals surface area contributed by atoms with Crippen LogP contribution in [0.4, 0.5) is 8.78 Å². The topological polar surface area (TPSA) is 12.9 Å². The van der Waals surface area contributed by atoms with Crippen molar-refractivity contribution in [1.82, 2.24) is 4.98 Å². The Balaban J connectivity index is 2.45. The molecule has 1 aliphatic rings. The van der Waals surface area contributed by atoms with Gasteiger partial charge in [0.1, 0.15) is 11.6 Å². The molecule has 0 radical (unpaired) electrons. The summed E-state index contributed by atoms with van der Waals surface area (Å²) >= 11 is 0. The Morgan fingerprint density at radius 3 is 2.58 bits per heavy atom. The molecule has 0 spiro atoms. The van der Waals surface area contributed by atoms with Crippen molar-refractivity contribution >= 4 is 0 Å². The summed E-state index contributed by atoms with van der Waals surface area (Å²) in [7, 11) is 0. The number of hydrogen-bond acceptors (Lipinski definition) is 1. The normalized spacial score (nSPS) is 19.2. The van der Waals surface area contributed by atoms with E-state index in [-0.39, 0.29) is 5.41 Å². The third-order valence-corrected chi connectivity index (χ3v) is 2.38. The van der Waals surface area contributed by atoms with Crippen molar-refractivity contribution in [2.24, 2.45) is 0 Å². The molecule has 3 heteroatoms. The third kappa shape index (κ3) is 1.09. The lowest BCUT2D eigenvalue weighted by Gasteiger charge is -2.07. The van der Waals surface area contributed by atoms with E-state index < -0.39 is 11.6 Å². The van der Waals surface area contributed by atoms with E-state index in [1.807, 2.05) is 6.92 Å². The molecule has 1 saturated carbocycles. The van der Waals surface area contributed by atoms with Crippen LogP contribution in [0.5, 0.6) is 0 Å². The molecule has 1 aromatic rings. The highest BCUT2D eigenvalue weighted by atomic mass is 19.1. The average Bonchev–Trinajstić information content (AvgIpc) is 2.68. The predicted octanol–water partition coefficient (Wildman–Crippen LogP) is 2.41. The molecule has 12 heavy (non-hydrogen) atoms. The first-order chi connectivity index (χ1) is 5.62. The Labute approximate surface area is 69.4 Å². The highest BCUT2D eigenvalue weighted by molar-refractivity contribution is 5.24. The Morgan fingerprint density at radius 1 is 1.42 bits per heavy atom. The quantitative estimate of drug-likeness (QED) is 0.629. The molecule has 0 saturated heterocycles. The number of hydrogen-bond donors (Lipinski definition) is 0. The molecule has 1 nitrogen and oxygen atoms in total. The van der Waals surface area contributed by atoms with Crippen molar-refractivity contribution in [2.75, 3.05) is 0 Å². The van der Waals surface area contributed by atoms with E-state index in [4.69, 9.17) is 0 Å². The zero-order valence-electron chi connectivity index (χ0n) is 6.77. The zero-order valence-corrected chi connectivity index (χ0v) is 6.77. The van der Waals surface area contributed by atoms with Crippen molar-refractivity contribution in [1.29, 1.82) is 0 Å². The van der Waals surface area contributed by atoms with Gasteiger partial charge in [0.05, 0.1) is 11.9 Å². The summed E-state index contributed by atoms with van der Waals surface area (Å²) in [6.07, 6.45) is 2.97. The Kier molecular flexibility index (Phi) is 1.43. The third-order valence-electron chi connectivity index (χ3n) is 2.38. The van der Waals surface area contributed by atoms with Gasteiger partial charge in [-0.1, -0.05) is 6.92 Å². The van der Waals surface area contributed by atoms with E-state index in [1.165, 1.54) is 0 Å². The molecule has 0 N–H and O–H groups in total. The fourth-order valence-electron chi connectivity index (χ4n) is 1.28. The highest BCUT2D eigenvalue weighted by Crippen LogP contribution is 2.47. The van der Waals surface area contributed by atoms with Crippen LogP contribution in [0.15, 0.2) is 12.3 Å². The van der Waals surface area contributed by atoms with Crippen molar-refractivity contribution in [3.8, 4) is 0 Å². The van der Waals surface area contributed by atoms with Gasteiger partial charge in [0, 0.05) is 11.5 Å². The van der Waals surface area contributed by atoms with Crippen LogP contribution in [-0.4, -0.2) is 4.98 Å². The van der Waals surface area contributed by atoms with Crippen LogP contribution in [0.3, 0.4) is 0 Å². The lowest BCUT2D eigenvalue weighted by Crippen LogP contribution is -2.06. The number of halogens is 2. The van der Waals surface area contributed by atoms with Crippen molar-refractivity contribution < 1.29 is 8.78 Å². The molecule has 1 aromatic heterocycles. The maximum absolute atomic E-state index is 13.1. The lowest BCUT2D eigenvalue weighted by molar-refractivity contribution is 0.538. The number of rotatable bonds is 1. The van der Waals surface area contributed by atoms with Crippen molar-refractivity contribution in [3.05, 3.63) is 29.6 Å². The van der Waals surface area contributed by atoms with Gasteiger partial charge in [0.2, 0.25) is 0 Å². The molecule has 0 unspecified atom stereocenters. The molecule has 0 atom stereocenters. The Hall–Kier alpha value is -0.990. The van der Waals surface area contributed by atoms with Crippen LogP contribution in [0.25, 0.3) is 0 Å². The molecule has 1 aliphatic carbocycles. The van der Waals surface area contributed by atoms with Crippen LogP contribution in [0.1, 0.15) is 25.5 Å². The van der Waals surface area contributed by atoms with Gasteiger partial charge in [-0.15, -0.1) is 0 Å². The molecular formula is C9H9F2N. The van der Waals surface area contributed by atoms with Crippen LogP contribution in [0.2, 0.25) is 0 Å². The minimum Gasteiger partial charge on any atom is -0.255 e. The minimum absolute atomic E-state index is 0.127. The van der Waals surface area contributed by atoms with Gasteiger partial charge in [-0.25, -0.2) is 8.78 Å². The van der Waals surface area contributed by atoms with Crippen LogP contribution < -0.4 is 0 Å². The SMILES string of the molecule is CC1(c2ncc(F)cc2F)CC1. The van der Waals surface area contributed by atoms with E-state index in [0.29, 0.717) is 5.69 Å². The van der Waals surface area contributed by atoms with Gasteiger partial charge in [-0.05, 0) is 12.8 Å². The van der Waals surface area contributed by atoms with Gasteiger partial charge >= 0.3 is 0 Å². The zero-order chi connectivity index (χ0) is 8.77. The predicted molar refractivity (Wildman–Crippen MR) is 40.7 cm³/mol. The molecular weight excluding hydrogens is 160 g/mol. The first kappa shape index (κ1) is 7.65. The summed E-state index contributed by atoms with van der Waals surface area (Å²) in [6.45, 7) is 1.94. The van der Waals surface area contributed by atoms with Gasteiger partial charge in [0.25, 0.3) is 0 Å². The molecule has 64 valence electrons. The second-order valence-corrected chi connectivity index (χ2v) is 3.54. The molecule has 1 fully saturated rings. The minimum atomic E-state index is -0.611. The molecule has 1 heterocycles. The Morgan fingerprint density at radius 2 is 2.08 bits per heavy atom. The van der Waals surface area contributed by atoms with E-state index in [9.17, 15) is 8.78 Å². The maximum Gasteiger partial charge on any atom is 0.148 e. The summed E-state index contributed by atoms with van der Waals surface area (Å²) in [4.78, 5) is 3.76. The van der Waals surface area contributed by atoms with Crippen LogP contribution >= 0.6 is 0 Å². The van der Waals surface area contributed by atoms with Gasteiger partial charge in [-0.3, -0.25) is 4.98 Å². The second kappa shape index (κ2) is 2.25. The van der Waals surface area contributed by atoms with E-state index >= 15 is 0 Å². The summed E-state index contributed by atoms with van der Waals surface area (Å²) in [5.41, 5.74) is 0.279. The van der Waals surface area contributed by atoms with E-state index in [1.54, 1.807) is 0 Å². The van der Waals surface area contributed by atoms with Crippen LogP contribution in [0, 0.1) is 11.6 Å². The maximum atomic E-state index is 13.1. The second-order valence-electron chi connectivity index (χ2n) is 3.54. The molecule has 0 aromatic carbocycles.